The van der Waals surface area contributed by atoms with Crippen LogP contribution in [0.25, 0.3) is 0 Å². The average molecular weight is 233 g/mol. The van der Waals surface area contributed by atoms with Gasteiger partial charge in [0.2, 0.25) is 5.91 Å². The van der Waals surface area contributed by atoms with E-state index < -0.39 is 0 Å². The summed E-state index contributed by atoms with van der Waals surface area (Å²) in [5.74, 6) is -0.0955. The van der Waals surface area contributed by atoms with Crippen LogP contribution in [0.3, 0.4) is 0 Å². The molecule has 0 bridgehead atoms. The highest BCUT2D eigenvalue weighted by Crippen LogP contribution is 2.28. The number of anilines is 1. The van der Waals surface area contributed by atoms with Gasteiger partial charge in [0.05, 0.1) is 22.2 Å². The van der Waals surface area contributed by atoms with E-state index >= 15 is 0 Å². The highest BCUT2D eigenvalue weighted by molar-refractivity contribution is 6.38. The fraction of sp³-hybridized carbons (Fsp3) is 0.222. The number of amides is 1. The molecule has 3 N–H and O–H groups in total. The molecule has 0 aliphatic carbocycles. The van der Waals surface area contributed by atoms with E-state index in [0.717, 1.165) is 5.56 Å². The molecular weight excluding hydrogens is 223 g/mol. The van der Waals surface area contributed by atoms with Crippen molar-refractivity contribution in [1.29, 1.82) is 0 Å². The summed E-state index contributed by atoms with van der Waals surface area (Å²) in [6, 6.07) is 3.27. The highest BCUT2D eigenvalue weighted by Gasteiger charge is 2.07. The number of nitrogens with one attached hydrogen (secondary N) is 1. The molecule has 0 radical (unpaired) electrons. The second-order valence-corrected chi connectivity index (χ2v) is 3.64. The topological polar surface area (TPSA) is 55.1 Å². The van der Waals surface area contributed by atoms with Crippen LogP contribution >= 0.6 is 23.2 Å². The first kappa shape index (κ1) is 11.1. The molecule has 1 aromatic rings. The predicted octanol–water partition coefficient (Wildman–Crippen LogP) is 1.86. The Morgan fingerprint density at radius 2 is 1.93 bits per heavy atom. The number of carbonyl (C=O) groups excluding carboxylic acids is 1. The number of carbonyl (C=O) groups is 1. The summed E-state index contributed by atoms with van der Waals surface area (Å²) in [4.78, 5) is 11.1. The molecule has 0 aromatic heterocycles. The van der Waals surface area contributed by atoms with Crippen molar-refractivity contribution in [3.8, 4) is 0 Å². The maximum Gasteiger partial charge on any atom is 0.224 e. The van der Waals surface area contributed by atoms with Gasteiger partial charge in [0, 0.05) is 7.05 Å². The fourth-order valence-corrected chi connectivity index (χ4v) is 1.54. The van der Waals surface area contributed by atoms with Crippen LogP contribution in [0.15, 0.2) is 12.1 Å². The maximum atomic E-state index is 11.1. The minimum absolute atomic E-state index is 0.0955. The van der Waals surface area contributed by atoms with E-state index in [1.807, 2.05) is 0 Å². The number of nitrogen functional groups attached to an aromatic ring is 1. The molecule has 0 aliphatic rings. The Morgan fingerprint density at radius 3 is 2.36 bits per heavy atom. The van der Waals surface area contributed by atoms with Gasteiger partial charge in [-0.15, -0.1) is 0 Å². The second-order valence-electron chi connectivity index (χ2n) is 2.82. The average Bonchev–Trinajstić information content (AvgIpc) is 2.14. The molecule has 14 heavy (non-hydrogen) atoms. The molecule has 0 aliphatic heterocycles. The molecule has 76 valence electrons. The van der Waals surface area contributed by atoms with Crippen LogP contribution in [0.2, 0.25) is 10.0 Å². The van der Waals surface area contributed by atoms with Crippen LogP contribution in [0, 0.1) is 0 Å². The lowest BCUT2D eigenvalue weighted by atomic mass is 10.1. The monoisotopic (exact) mass is 232 g/mol. The summed E-state index contributed by atoms with van der Waals surface area (Å²) >= 11 is 11.6. The zero-order valence-corrected chi connectivity index (χ0v) is 9.12. The summed E-state index contributed by atoms with van der Waals surface area (Å²) in [6.07, 6.45) is 0.246. The first-order valence-corrected chi connectivity index (χ1v) is 4.74. The van der Waals surface area contributed by atoms with E-state index in [1.165, 1.54) is 0 Å². The third kappa shape index (κ3) is 2.53. The second kappa shape index (κ2) is 4.53. The summed E-state index contributed by atoms with van der Waals surface area (Å²) in [5.41, 5.74) is 6.64. The number of hydrogen-bond donors (Lipinski definition) is 2. The zero-order valence-electron chi connectivity index (χ0n) is 7.60. The number of likely N-dealkylation sites (N-methyl/N-ethyl adjacent to an activating group) is 1. The van der Waals surface area contributed by atoms with Crippen LogP contribution in [-0.2, 0) is 11.2 Å². The van der Waals surface area contributed by atoms with Crippen LogP contribution in [-0.4, -0.2) is 13.0 Å². The predicted molar refractivity (Wildman–Crippen MR) is 58.6 cm³/mol. The standard InChI is InChI=1S/C9H10Cl2N2O/c1-13-8(14)4-5-2-6(10)9(12)7(11)3-5/h2-3H,4,12H2,1H3,(H,13,14). The third-order valence-corrected chi connectivity index (χ3v) is 2.41. The highest BCUT2D eigenvalue weighted by atomic mass is 35.5. The fourth-order valence-electron chi connectivity index (χ4n) is 1.01. The number of benzene rings is 1. The van der Waals surface area contributed by atoms with Gasteiger partial charge < -0.3 is 11.1 Å². The van der Waals surface area contributed by atoms with Crippen LogP contribution < -0.4 is 11.1 Å². The number of halogens is 2. The van der Waals surface area contributed by atoms with E-state index in [9.17, 15) is 4.79 Å². The van der Waals surface area contributed by atoms with E-state index in [4.69, 9.17) is 28.9 Å². The number of rotatable bonds is 2. The molecular formula is C9H10Cl2N2O. The summed E-state index contributed by atoms with van der Waals surface area (Å²) < 4.78 is 0. The summed E-state index contributed by atoms with van der Waals surface area (Å²) in [6.45, 7) is 0. The van der Waals surface area contributed by atoms with Crippen LogP contribution in [0.1, 0.15) is 5.56 Å². The van der Waals surface area contributed by atoms with Gasteiger partial charge in [0.1, 0.15) is 0 Å². The van der Waals surface area contributed by atoms with Gasteiger partial charge in [-0.05, 0) is 17.7 Å². The molecule has 3 nitrogen and oxygen atoms in total. The lowest BCUT2D eigenvalue weighted by molar-refractivity contribution is -0.119. The molecule has 0 saturated heterocycles. The van der Waals surface area contributed by atoms with E-state index in [1.54, 1.807) is 19.2 Å². The lowest BCUT2D eigenvalue weighted by Gasteiger charge is -2.05. The molecule has 1 amide bonds. The van der Waals surface area contributed by atoms with Crippen molar-refractivity contribution >= 4 is 34.8 Å². The summed E-state index contributed by atoms with van der Waals surface area (Å²) in [7, 11) is 1.57. The number of hydrogen-bond acceptors (Lipinski definition) is 2. The van der Waals surface area contributed by atoms with Crippen molar-refractivity contribution in [2.75, 3.05) is 12.8 Å². The normalized spacial score (nSPS) is 9.93. The van der Waals surface area contributed by atoms with E-state index in [-0.39, 0.29) is 12.3 Å². The Labute approximate surface area is 92.2 Å². The third-order valence-electron chi connectivity index (χ3n) is 1.78. The van der Waals surface area contributed by atoms with Crippen molar-refractivity contribution in [2.45, 2.75) is 6.42 Å². The van der Waals surface area contributed by atoms with Crippen molar-refractivity contribution in [3.05, 3.63) is 27.7 Å². The minimum Gasteiger partial charge on any atom is -0.396 e. The molecule has 5 heteroatoms. The van der Waals surface area contributed by atoms with Gasteiger partial charge >= 0.3 is 0 Å². The molecule has 1 aromatic carbocycles. The maximum absolute atomic E-state index is 11.1. The summed E-state index contributed by atoms with van der Waals surface area (Å²) in [5, 5.41) is 3.25. The Morgan fingerprint density at radius 1 is 1.43 bits per heavy atom. The van der Waals surface area contributed by atoms with E-state index in [2.05, 4.69) is 5.32 Å². The Bertz CT molecular complexity index is 343. The lowest BCUT2D eigenvalue weighted by Crippen LogP contribution is -2.19. The largest absolute Gasteiger partial charge is 0.396 e. The van der Waals surface area contributed by atoms with Crippen molar-refractivity contribution in [3.63, 3.8) is 0 Å². The van der Waals surface area contributed by atoms with Crippen molar-refractivity contribution < 1.29 is 4.79 Å². The van der Waals surface area contributed by atoms with Crippen molar-refractivity contribution in [1.82, 2.24) is 5.32 Å². The Balaban J connectivity index is 2.95. The van der Waals surface area contributed by atoms with Gasteiger partial charge in [-0.3, -0.25) is 4.79 Å². The zero-order chi connectivity index (χ0) is 10.7. The Kier molecular flexibility index (Phi) is 3.61. The molecule has 0 atom stereocenters. The van der Waals surface area contributed by atoms with Gasteiger partial charge in [0.15, 0.2) is 0 Å². The molecule has 0 spiro atoms. The molecule has 0 heterocycles. The van der Waals surface area contributed by atoms with Crippen molar-refractivity contribution in [2.24, 2.45) is 0 Å². The van der Waals surface area contributed by atoms with Crippen LogP contribution in [0.5, 0.6) is 0 Å². The van der Waals surface area contributed by atoms with Gasteiger partial charge in [0.25, 0.3) is 0 Å². The SMILES string of the molecule is CNC(=O)Cc1cc(Cl)c(N)c(Cl)c1. The van der Waals surface area contributed by atoms with Gasteiger partial charge in [-0.25, -0.2) is 0 Å². The molecule has 1 rings (SSSR count). The Hall–Kier alpha value is -0.930. The molecule has 0 fully saturated rings. The smallest absolute Gasteiger partial charge is 0.224 e. The first-order valence-electron chi connectivity index (χ1n) is 3.98. The van der Waals surface area contributed by atoms with Gasteiger partial charge in [-0.2, -0.15) is 0 Å². The van der Waals surface area contributed by atoms with Gasteiger partial charge in [-0.1, -0.05) is 23.2 Å². The number of nitrogens with two attached hydrogens (primary N) is 1. The molecule has 0 saturated carbocycles. The minimum atomic E-state index is -0.0955. The molecule has 0 unspecified atom stereocenters. The van der Waals surface area contributed by atoms with Crippen LogP contribution in [0.4, 0.5) is 5.69 Å². The van der Waals surface area contributed by atoms with E-state index in [0.29, 0.717) is 15.7 Å². The quantitative estimate of drug-likeness (QED) is 0.766. The first-order chi connectivity index (χ1) is 6.54.